The van der Waals surface area contributed by atoms with Gasteiger partial charge in [0, 0.05) is 20.0 Å². The zero-order chi connectivity index (χ0) is 17.5. The molecule has 0 spiro atoms. The summed E-state index contributed by atoms with van der Waals surface area (Å²) in [6.45, 7) is 2.68. The van der Waals surface area contributed by atoms with Gasteiger partial charge in [0.25, 0.3) is 0 Å². The maximum atomic E-state index is 12.3. The smallest absolute Gasteiger partial charge is 0.323 e. The molecule has 2 amide bonds. The monoisotopic (exact) mass is 352 g/mol. The Morgan fingerprint density at radius 1 is 1.33 bits per heavy atom. The van der Waals surface area contributed by atoms with E-state index in [1.807, 2.05) is 6.92 Å². The first-order valence-corrected chi connectivity index (χ1v) is 9.67. The molecule has 0 saturated heterocycles. The van der Waals surface area contributed by atoms with Crippen LogP contribution in [0.1, 0.15) is 68.8 Å². The molecule has 0 aromatic carbocycles. The number of aromatic nitrogens is 1. The van der Waals surface area contributed by atoms with E-state index in [4.69, 9.17) is 5.73 Å². The molecule has 0 bridgehead atoms. The number of urea groups is 1. The van der Waals surface area contributed by atoms with Crippen LogP contribution in [0.15, 0.2) is 0 Å². The van der Waals surface area contributed by atoms with E-state index in [-0.39, 0.29) is 11.8 Å². The molecule has 3 N–H and O–H groups in total. The molecule has 1 aromatic rings. The molecule has 0 unspecified atom stereocenters. The van der Waals surface area contributed by atoms with Crippen LogP contribution >= 0.6 is 11.3 Å². The van der Waals surface area contributed by atoms with Crippen LogP contribution in [0.4, 0.5) is 14.9 Å². The fourth-order valence-electron chi connectivity index (χ4n) is 3.10. The van der Waals surface area contributed by atoms with Gasteiger partial charge in [-0.1, -0.05) is 43.9 Å². The van der Waals surface area contributed by atoms with Crippen LogP contribution in [0, 0.1) is 5.92 Å². The largest absolute Gasteiger partial charge is 0.389 e. The van der Waals surface area contributed by atoms with E-state index in [1.165, 1.54) is 30.6 Å². The third kappa shape index (κ3) is 4.69. The molecule has 0 radical (unpaired) electrons. The van der Waals surface area contributed by atoms with Gasteiger partial charge in [-0.25, -0.2) is 9.78 Å². The summed E-state index contributed by atoms with van der Waals surface area (Å²) < 4.78 is 0. The molecule has 1 aromatic heterocycles. The van der Waals surface area contributed by atoms with Crippen molar-refractivity contribution in [1.82, 2.24) is 10.3 Å². The molecule has 1 heterocycles. The van der Waals surface area contributed by atoms with Gasteiger partial charge in [0.1, 0.15) is 10.7 Å². The number of nitrogen functional groups attached to an aromatic ring is 1. The molecule has 1 aliphatic carbocycles. The minimum atomic E-state index is -0.193. The standard InChI is InChI=1S/C17H28N4O2S/c1-3-4-10-13(22)14-15(18)24-17(20-14)21(16(23)19-2)11-12-8-6-5-7-9-12/h12H,3-11,18H2,1-2H3,(H,19,23). The minimum Gasteiger partial charge on any atom is -0.389 e. The summed E-state index contributed by atoms with van der Waals surface area (Å²) in [5.74, 6) is 0.451. The number of Topliss-reactive ketones (excluding diaryl/α,β-unsaturated/α-hetero) is 1. The number of nitrogens with zero attached hydrogens (tertiary/aromatic N) is 2. The lowest BCUT2D eigenvalue weighted by molar-refractivity contribution is 0.0976. The Bertz CT molecular complexity index is 567. The van der Waals surface area contributed by atoms with Crippen molar-refractivity contribution in [3.05, 3.63) is 5.69 Å². The molecule has 2 rings (SSSR count). The lowest BCUT2D eigenvalue weighted by atomic mass is 9.89. The van der Waals surface area contributed by atoms with E-state index in [9.17, 15) is 9.59 Å². The van der Waals surface area contributed by atoms with Gasteiger partial charge in [-0.3, -0.25) is 9.69 Å². The lowest BCUT2D eigenvalue weighted by Crippen LogP contribution is -2.41. The molecule has 0 atom stereocenters. The summed E-state index contributed by atoms with van der Waals surface area (Å²) in [6.07, 6.45) is 8.21. The molecular formula is C17H28N4O2S. The first-order valence-electron chi connectivity index (χ1n) is 8.85. The molecule has 1 saturated carbocycles. The molecule has 1 aliphatic rings. The number of anilines is 2. The fraction of sp³-hybridized carbons (Fsp3) is 0.706. The second-order valence-corrected chi connectivity index (χ2v) is 7.41. The number of nitrogens with one attached hydrogen (secondary N) is 1. The summed E-state index contributed by atoms with van der Waals surface area (Å²) in [5, 5.41) is 3.60. The minimum absolute atomic E-state index is 0.0358. The Morgan fingerprint density at radius 2 is 2.04 bits per heavy atom. The van der Waals surface area contributed by atoms with Crippen LogP contribution in [0.2, 0.25) is 0 Å². The number of carbonyl (C=O) groups is 2. The van der Waals surface area contributed by atoms with Crippen molar-refractivity contribution in [2.24, 2.45) is 5.92 Å². The number of thiazole rings is 1. The predicted molar refractivity (Wildman–Crippen MR) is 98.8 cm³/mol. The van der Waals surface area contributed by atoms with Gasteiger partial charge in [0.05, 0.1) is 0 Å². The van der Waals surface area contributed by atoms with Crippen molar-refractivity contribution in [3.63, 3.8) is 0 Å². The van der Waals surface area contributed by atoms with E-state index in [0.717, 1.165) is 25.7 Å². The van der Waals surface area contributed by atoms with Crippen LogP contribution in [0.25, 0.3) is 0 Å². The first-order chi connectivity index (χ1) is 11.6. The van der Waals surface area contributed by atoms with E-state index < -0.39 is 0 Å². The summed E-state index contributed by atoms with van der Waals surface area (Å²) in [6, 6.07) is -0.193. The molecule has 24 heavy (non-hydrogen) atoms. The van der Waals surface area contributed by atoms with Crippen molar-refractivity contribution >= 4 is 33.3 Å². The highest BCUT2D eigenvalue weighted by Crippen LogP contribution is 2.32. The number of hydrogen-bond donors (Lipinski definition) is 2. The molecular weight excluding hydrogens is 324 g/mol. The predicted octanol–water partition coefficient (Wildman–Crippen LogP) is 3.82. The molecule has 134 valence electrons. The van der Waals surface area contributed by atoms with Gasteiger partial charge in [-0.15, -0.1) is 0 Å². The van der Waals surface area contributed by atoms with Crippen molar-refractivity contribution in [2.45, 2.75) is 58.3 Å². The lowest BCUT2D eigenvalue weighted by Gasteiger charge is -2.27. The first kappa shape index (κ1) is 18.7. The maximum absolute atomic E-state index is 12.3. The van der Waals surface area contributed by atoms with Crippen LogP contribution < -0.4 is 16.0 Å². The molecule has 1 fully saturated rings. The van der Waals surface area contributed by atoms with Crippen molar-refractivity contribution in [3.8, 4) is 0 Å². The number of carbonyl (C=O) groups excluding carboxylic acids is 2. The topological polar surface area (TPSA) is 88.3 Å². The number of nitrogens with two attached hydrogens (primary N) is 1. The summed E-state index contributed by atoms with van der Waals surface area (Å²) in [4.78, 5) is 30.6. The molecule has 7 heteroatoms. The fourth-order valence-corrected chi connectivity index (χ4v) is 3.96. The van der Waals surface area contributed by atoms with E-state index in [1.54, 1.807) is 11.9 Å². The van der Waals surface area contributed by atoms with E-state index >= 15 is 0 Å². The van der Waals surface area contributed by atoms with Crippen LogP contribution in [-0.4, -0.2) is 30.4 Å². The number of ketones is 1. The summed E-state index contributed by atoms with van der Waals surface area (Å²) in [7, 11) is 1.61. The summed E-state index contributed by atoms with van der Waals surface area (Å²) in [5.41, 5.74) is 6.32. The van der Waals surface area contributed by atoms with Crippen LogP contribution in [0.3, 0.4) is 0 Å². The Morgan fingerprint density at radius 3 is 2.67 bits per heavy atom. The van der Waals surface area contributed by atoms with Gasteiger partial charge in [0.2, 0.25) is 0 Å². The van der Waals surface area contributed by atoms with Gasteiger partial charge in [-0.2, -0.15) is 0 Å². The van der Waals surface area contributed by atoms with Gasteiger partial charge >= 0.3 is 6.03 Å². The Balaban J connectivity index is 2.16. The van der Waals surface area contributed by atoms with E-state index in [2.05, 4.69) is 10.3 Å². The highest BCUT2D eigenvalue weighted by atomic mass is 32.1. The van der Waals surface area contributed by atoms with Crippen molar-refractivity contribution < 1.29 is 9.59 Å². The highest BCUT2D eigenvalue weighted by molar-refractivity contribution is 7.19. The SMILES string of the molecule is CCCCC(=O)c1nc(N(CC2CCCCC2)C(=O)NC)sc1N. The zero-order valence-electron chi connectivity index (χ0n) is 14.6. The molecule has 0 aliphatic heterocycles. The average molecular weight is 353 g/mol. The summed E-state index contributed by atoms with van der Waals surface area (Å²) >= 11 is 1.23. The zero-order valence-corrected chi connectivity index (χ0v) is 15.5. The van der Waals surface area contributed by atoms with E-state index in [0.29, 0.717) is 34.7 Å². The van der Waals surface area contributed by atoms with Gasteiger partial charge in [0.15, 0.2) is 10.9 Å². The van der Waals surface area contributed by atoms with Crippen molar-refractivity contribution in [2.75, 3.05) is 24.2 Å². The number of hydrogen-bond acceptors (Lipinski definition) is 5. The highest BCUT2D eigenvalue weighted by Gasteiger charge is 2.26. The third-order valence-electron chi connectivity index (χ3n) is 4.52. The maximum Gasteiger partial charge on any atom is 0.323 e. The third-order valence-corrected chi connectivity index (χ3v) is 5.43. The van der Waals surface area contributed by atoms with Crippen LogP contribution in [-0.2, 0) is 0 Å². The normalized spacial score (nSPS) is 15.2. The Hall–Kier alpha value is -1.63. The van der Waals surface area contributed by atoms with Crippen LogP contribution in [0.5, 0.6) is 0 Å². The second-order valence-electron chi connectivity index (χ2n) is 6.41. The van der Waals surface area contributed by atoms with Gasteiger partial charge < -0.3 is 11.1 Å². The van der Waals surface area contributed by atoms with Crippen molar-refractivity contribution in [1.29, 1.82) is 0 Å². The van der Waals surface area contributed by atoms with Gasteiger partial charge in [-0.05, 0) is 25.2 Å². The quantitative estimate of drug-likeness (QED) is 0.730. The number of rotatable bonds is 7. The second kappa shape index (κ2) is 9.01. The Kier molecular flexibility index (Phi) is 7.02. The molecule has 6 nitrogen and oxygen atoms in total. The number of unbranched alkanes of at least 4 members (excludes halogenated alkanes) is 1. The average Bonchev–Trinajstić information content (AvgIpc) is 2.99. The number of amides is 2. The Labute approximate surface area is 147 Å².